The molecule has 0 unspecified atom stereocenters. The number of thioether (sulfide) groups is 1. The molecule has 1 amide bonds. The SMILES string of the molecule is CC1CCC(N(C(=O)CSc2nc3sc4c(c3c(=O)n2C)CCC4)C2CC2)CC1. The van der Waals surface area contributed by atoms with E-state index < -0.39 is 0 Å². The summed E-state index contributed by atoms with van der Waals surface area (Å²) >= 11 is 3.10. The van der Waals surface area contributed by atoms with E-state index in [1.807, 2.05) is 0 Å². The molecular weight excluding hydrogens is 402 g/mol. The Bertz CT molecular complexity index is 1000. The van der Waals surface area contributed by atoms with Gasteiger partial charge in [-0.3, -0.25) is 14.2 Å². The largest absolute Gasteiger partial charge is 0.336 e. The van der Waals surface area contributed by atoms with Crippen LogP contribution in [0.1, 0.15) is 62.3 Å². The summed E-state index contributed by atoms with van der Waals surface area (Å²) in [6.45, 7) is 2.32. The quantitative estimate of drug-likeness (QED) is 0.527. The third kappa shape index (κ3) is 3.65. The average Bonchev–Trinajstić information content (AvgIpc) is 3.32. The Kier molecular flexibility index (Phi) is 5.23. The van der Waals surface area contributed by atoms with Gasteiger partial charge in [-0.25, -0.2) is 4.98 Å². The molecule has 0 saturated heterocycles. The zero-order valence-corrected chi connectivity index (χ0v) is 18.9. The molecule has 2 heterocycles. The summed E-state index contributed by atoms with van der Waals surface area (Å²) in [6, 6.07) is 0.854. The van der Waals surface area contributed by atoms with Crippen molar-refractivity contribution in [3.05, 3.63) is 20.8 Å². The van der Waals surface area contributed by atoms with Crippen LogP contribution in [0.2, 0.25) is 0 Å². The second-order valence-electron chi connectivity index (χ2n) is 9.03. The number of nitrogens with zero attached hydrogens (tertiary/aromatic N) is 3. The Balaban J connectivity index is 1.34. The summed E-state index contributed by atoms with van der Waals surface area (Å²) in [4.78, 5) is 35.3. The van der Waals surface area contributed by atoms with Gasteiger partial charge >= 0.3 is 0 Å². The van der Waals surface area contributed by atoms with Crippen molar-refractivity contribution in [2.75, 3.05) is 5.75 Å². The fourth-order valence-electron chi connectivity index (χ4n) is 5.01. The molecule has 2 aromatic heterocycles. The Labute approximate surface area is 179 Å². The monoisotopic (exact) mass is 431 g/mol. The normalized spacial score (nSPS) is 24.1. The highest BCUT2D eigenvalue weighted by Crippen LogP contribution is 2.37. The summed E-state index contributed by atoms with van der Waals surface area (Å²) in [7, 11) is 1.79. The minimum Gasteiger partial charge on any atom is -0.336 e. The van der Waals surface area contributed by atoms with Crippen molar-refractivity contribution in [2.24, 2.45) is 13.0 Å². The number of amides is 1. The molecule has 2 aromatic rings. The molecule has 2 saturated carbocycles. The van der Waals surface area contributed by atoms with Crippen LogP contribution in [0.3, 0.4) is 0 Å². The Hall–Kier alpha value is -1.34. The molecule has 5 nitrogen and oxygen atoms in total. The van der Waals surface area contributed by atoms with E-state index in [0.717, 1.165) is 61.1 Å². The molecule has 5 rings (SSSR count). The predicted octanol–water partition coefficient (Wildman–Crippen LogP) is 4.15. The first-order valence-electron chi connectivity index (χ1n) is 11.0. The molecule has 0 bridgehead atoms. The van der Waals surface area contributed by atoms with Crippen LogP contribution in [-0.4, -0.2) is 38.2 Å². The van der Waals surface area contributed by atoms with Gasteiger partial charge in [-0.1, -0.05) is 18.7 Å². The van der Waals surface area contributed by atoms with Gasteiger partial charge in [0.25, 0.3) is 5.56 Å². The molecular formula is C22H29N3O2S2. The number of aryl methyl sites for hydroxylation is 2. The smallest absolute Gasteiger partial charge is 0.262 e. The number of hydrogen-bond donors (Lipinski definition) is 0. The summed E-state index contributed by atoms with van der Waals surface area (Å²) in [5.41, 5.74) is 1.27. The van der Waals surface area contributed by atoms with Crippen molar-refractivity contribution in [2.45, 2.75) is 82.0 Å². The number of hydrogen-bond acceptors (Lipinski definition) is 5. The Morgan fingerprint density at radius 3 is 2.55 bits per heavy atom. The number of fused-ring (bicyclic) bond motifs is 3. The van der Waals surface area contributed by atoms with Gasteiger partial charge in [0.1, 0.15) is 4.83 Å². The third-order valence-corrected chi connectivity index (χ3v) is 9.04. The van der Waals surface area contributed by atoms with Crippen molar-refractivity contribution in [3.63, 3.8) is 0 Å². The van der Waals surface area contributed by atoms with E-state index in [9.17, 15) is 9.59 Å². The van der Waals surface area contributed by atoms with Crippen molar-refractivity contribution in [1.29, 1.82) is 0 Å². The lowest BCUT2D eigenvalue weighted by atomic mass is 9.86. The number of carbonyl (C=O) groups excluding carboxylic acids is 1. The summed E-state index contributed by atoms with van der Waals surface area (Å²) in [5.74, 6) is 1.38. The van der Waals surface area contributed by atoms with Crippen LogP contribution in [-0.2, 0) is 24.7 Å². The van der Waals surface area contributed by atoms with E-state index in [4.69, 9.17) is 4.98 Å². The predicted molar refractivity (Wildman–Crippen MR) is 119 cm³/mol. The summed E-state index contributed by atoms with van der Waals surface area (Å²) in [6.07, 6.45) is 10.2. The van der Waals surface area contributed by atoms with E-state index >= 15 is 0 Å². The number of carbonyl (C=O) groups is 1. The van der Waals surface area contributed by atoms with E-state index in [1.54, 1.807) is 23.0 Å². The van der Waals surface area contributed by atoms with E-state index in [1.165, 1.54) is 35.0 Å². The molecule has 7 heteroatoms. The first kappa shape index (κ1) is 19.6. The van der Waals surface area contributed by atoms with E-state index in [2.05, 4.69) is 11.8 Å². The van der Waals surface area contributed by atoms with Crippen molar-refractivity contribution in [3.8, 4) is 0 Å². The lowest BCUT2D eigenvalue weighted by Gasteiger charge is -2.36. The molecule has 156 valence electrons. The molecule has 0 radical (unpaired) electrons. The van der Waals surface area contributed by atoms with Crippen LogP contribution in [0.25, 0.3) is 10.2 Å². The summed E-state index contributed by atoms with van der Waals surface area (Å²) < 4.78 is 1.65. The second-order valence-corrected chi connectivity index (χ2v) is 11.1. The van der Waals surface area contributed by atoms with Crippen molar-refractivity contribution in [1.82, 2.24) is 14.5 Å². The van der Waals surface area contributed by atoms with Gasteiger partial charge in [0.05, 0.1) is 11.1 Å². The zero-order valence-electron chi connectivity index (χ0n) is 17.3. The fourth-order valence-corrected chi connectivity index (χ4v) is 7.16. The van der Waals surface area contributed by atoms with Crippen molar-refractivity contribution < 1.29 is 4.79 Å². The number of thiophene rings is 1. The Morgan fingerprint density at radius 2 is 1.86 bits per heavy atom. The lowest BCUT2D eigenvalue weighted by Crippen LogP contribution is -2.44. The topological polar surface area (TPSA) is 55.2 Å². The maximum absolute atomic E-state index is 13.1. The highest BCUT2D eigenvalue weighted by Gasteiger charge is 2.38. The highest BCUT2D eigenvalue weighted by atomic mass is 32.2. The molecule has 3 aliphatic rings. The van der Waals surface area contributed by atoms with Crippen LogP contribution in [0, 0.1) is 5.92 Å². The van der Waals surface area contributed by atoms with Gasteiger partial charge in [0.2, 0.25) is 5.91 Å². The van der Waals surface area contributed by atoms with Gasteiger partial charge in [-0.2, -0.15) is 0 Å². The van der Waals surface area contributed by atoms with Gasteiger partial charge in [0, 0.05) is 24.0 Å². The maximum atomic E-state index is 13.1. The minimum atomic E-state index is 0.0460. The molecule has 0 atom stereocenters. The highest BCUT2D eigenvalue weighted by molar-refractivity contribution is 7.99. The van der Waals surface area contributed by atoms with Gasteiger partial charge in [0.15, 0.2) is 5.16 Å². The van der Waals surface area contributed by atoms with Gasteiger partial charge in [-0.05, 0) is 69.3 Å². The number of rotatable bonds is 5. The average molecular weight is 432 g/mol. The Morgan fingerprint density at radius 1 is 1.17 bits per heavy atom. The summed E-state index contributed by atoms with van der Waals surface area (Å²) in [5, 5.41) is 1.49. The van der Waals surface area contributed by atoms with E-state index in [0.29, 0.717) is 23.0 Å². The standard InChI is InChI=1S/C22H29N3O2S2/c1-13-6-8-14(9-7-13)25(15-10-11-15)18(26)12-28-22-23-20-19(21(27)24(22)2)16-4-3-5-17(16)29-20/h13-15H,3-12H2,1-2H3. The van der Waals surface area contributed by atoms with Crippen molar-refractivity contribution >= 4 is 39.2 Å². The maximum Gasteiger partial charge on any atom is 0.262 e. The van der Waals surface area contributed by atoms with Crippen LogP contribution in [0.5, 0.6) is 0 Å². The van der Waals surface area contributed by atoms with Crippen LogP contribution < -0.4 is 5.56 Å². The van der Waals surface area contributed by atoms with Crippen LogP contribution in [0.4, 0.5) is 0 Å². The molecule has 29 heavy (non-hydrogen) atoms. The molecule has 3 aliphatic carbocycles. The lowest BCUT2D eigenvalue weighted by molar-refractivity contribution is -0.132. The minimum absolute atomic E-state index is 0.0460. The molecule has 2 fully saturated rings. The molecule has 0 N–H and O–H groups in total. The van der Waals surface area contributed by atoms with Gasteiger partial charge < -0.3 is 4.90 Å². The van der Waals surface area contributed by atoms with Gasteiger partial charge in [-0.15, -0.1) is 11.3 Å². The molecule has 0 spiro atoms. The molecule has 0 aliphatic heterocycles. The van der Waals surface area contributed by atoms with Crippen LogP contribution in [0.15, 0.2) is 9.95 Å². The van der Waals surface area contributed by atoms with E-state index in [-0.39, 0.29) is 11.5 Å². The zero-order chi connectivity index (χ0) is 20.1. The second kappa shape index (κ2) is 7.73. The molecule has 0 aromatic carbocycles. The third-order valence-electron chi connectivity index (χ3n) is 6.84. The van der Waals surface area contributed by atoms with Crippen LogP contribution >= 0.6 is 23.1 Å². The first-order chi connectivity index (χ1) is 14.0. The first-order valence-corrected chi connectivity index (χ1v) is 12.8. The fraction of sp³-hybridized carbons (Fsp3) is 0.682. The number of aromatic nitrogens is 2.